The van der Waals surface area contributed by atoms with E-state index >= 15 is 0 Å². The highest BCUT2D eigenvalue weighted by atomic mass is 32.2. The molecule has 1 atom stereocenters. The fraction of sp³-hybridized carbons (Fsp3) is 0.324. The van der Waals surface area contributed by atoms with E-state index < -0.39 is 39.6 Å². The number of hydrogen-bond donors (Lipinski definition) is 3. The molecule has 3 aromatic carbocycles. The Balaban J connectivity index is 1.59. The fourth-order valence-corrected chi connectivity index (χ4v) is 7.02. The first kappa shape index (κ1) is 37.8. The number of alkyl carbamates (subject to hydrolysis) is 1. The van der Waals surface area contributed by atoms with E-state index in [0.29, 0.717) is 27.4 Å². The lowest BCUT2D eigenvalue weighted by atomic mass is 10.0. The van der Waals surface area contributed by atoms with Crippen molar-refractivity contribution >= 4 is 55.4 Å². The Morgan fingerprint density at radius 2 is 1.76 bits per heavy atom. The zero-order chi connectivity index (χ0) is 36.6. The van der Waals surface area contributed by atoms with Crippen molar-refractivity contribution in [2.45, 2.75) is 50.7 Å². The van der Waals surface area contributed by atoms with Crippen molar-refractivity contribution in [3.05, 3.63) is 88.4 Å². The van der Waals surface area contributed by atoms with Gasteiger partial charge in [0.05, 0.1) is 28.3 Å². The number of aromatic nitrogens is 1. The van der Waals surface area contributed by atoms with Crippen LogP contribution >= 0.6 is 11.3 Å². The second-order valence-corrected chi connectivity index (χ2v) is 15.0. The van der Waals surface area contributed by atoms with Crippen LogP contribution in [0.1, 0.15) is 60.2 Å². The smallest absolute Gasteiger partial charge is 0.407 e. The average Bonchev–Trinajstić information content (AvgIpc) is 3.49. The number of hydrogen-bond acceptors (Lipinski definition) is 11. The Hall–Kier alpha value is -5.06. The minimum absolute atomic E-state index is 0.0293. The van der Waals surface area contributed by atoms with Gasteiger partial charge in [0.1, 0.15) is 16.4 Å². The molecule has 16 heteroatoms. The van der Waals surface area contributed by atoms with Gasteiger partial charge in [-0.2, -0.15) is 0 Å². The highest BCUT2D eigenvalue weighted by Crippen LogP contribution is 2.32. The molecule has 0 aliphatic heterocycles. The lowest BCUT2D eigenvalue weighted by Gasteiger charge is -2.21. The van der Waals surface area contributed by atoms with Crippen molar-refractivity contribution in [1.82, 2.24) is 19.9 Å². The zero-order valence-electron chi connectivity index (χ0n) is 28.6. The minimum Gasteiger partial charge on any atom is -0.497 e. The van der Waals surface area contributed by atoms with Crippen LogP contribution < -0.4 is 20.5 Å². The van der Waals surface area contributed by atoms with Crippen LogP contribution in [0.2, 0.25) is 0 Å². The number of carbonyl (C=O) groups excluding carboxylic acids is 3. The third-order valence-electron chi connectivity index (χ3n) is 7.00. The van der Waals surface area contributed by atoms with E-state index in [2.05, 4.69) is 20.0 Å². The van der Waals surface area contributed by atoms with Gasteiger partial charge >= 0.3 is 12.1 Å². The predicted octanol–water partition coefficient (Wildman–Crippen LogP) is 4.35. The van der Waals surface area contributed by atoms with Crippen LogP contribution in [0.15, 0.2) is 76.8 Å². The molecule has 4 rings (SSSR count). The number of amides is 2. The van der Waals surface area contributed by atoms with E-state index in [1.54, 1.807) is 71.3 Å². The molecular weight excluding hydrogens is 685 g/mol. The van der Waals surface area contributed by atoms with Crippen LogP contribution in [0.25, 0.3) is 10.2 Å². The van der Waals surface area contributed by atoms with E-state index in [4.69, 9.17) is 20.2 Å². The van der Waals surface area contributed by atoms with Gasteiger partial charge in [0, 0.05) is 38.2 Å². The summed E-state index contributed by atoms with van der Waals surface area (Å²) in [6, 6.07) is 17.2. The molecule has 0 aliphatic rings. The summed E-state index contributed by atoms with van der Waals surface area (Å²) in [6.07, 6.45) is -0.443. The summed E-state index contributed by atoms with van der Waals surface area (Å²) in [4.78, 5) is 47.1. The van der Waals surface area contributed by atoms with Crippen molar-refractivity contribution in [2.24, 2.45) is 10.9 Å². The molecule has 1 unspecified atom stereocenters. The molecule has 0 fully saturated rings. The molecule has 0 radical (unpaired) electrons. The number of thiazole rings is 1. The van der Waals surface area contributed by atoms with Crippen molar-refractivity contribution in [2.75, 3.05) is 27.2 Å². The normalized spacial score (nSPS) is 12.6. The maximum absolute atomic E-state index is 13.9. The molecule has 14 nitrogen and oxygen atoms in total. The van der Waals surface area contributed by atoms with E-state index in [-0.39, 0.29) is 35.8 Å². The first-order valence-electron chi connectivity index (χ1n) is 15.4. The Labute approximate surface area is 294 Å². The number of likely N-dealkylation sites (N-methyl/N-ethyl adjacent to an activating group) is 1. The number of ether oxygens (including phenoxy) is 2. The van der Waals surface area contributed by atoms with Crippen LogP contribution in [0.3, 0.4) is 0 Å². The second-order valence-electron chi connectivity index (χ2n) is 12.2. The number of rotatable bonds is 13. The van der Waals surface area contributed by atoms with Crippen LogP contribution in [0.5, 0.6) is 5.75 Å². The van der Waals surface area contributed by atoms with Gasteiger partial charge in [-0.3, -0.25) is 4.79 Å². The fourth-order valence-electron chi connectivity index (χ4n) is 4.65. The quantitative estimate of drug-likeness (QED) is 0.0773. The predicted molar refractivity (Wildman–Crippen MR) is 190 cm³/mol. The van der Waals surface area contributed by atoms with Gasteiger partial charge in [0.15, 0.2) is 5.84 Å². The van der Waals surface area contributed by atoms with Crippen molar-refractivity contribution in [1.29, 1.82) is 0 Å². The summed E-state index contributed by atoms with van der Waals surface area (Å²) in [5.41, 5.74) is 7.33. The number of oxime groups is 1. The molecular formula is C34H40N6O8S2. The summed E-state index contributed by atoms with van der Waals surface area (Å²) >= 11 is 1.31. The monoisotopic (exact) mass is 724 g/mol. The second kappa shape index (κ2) is 16.1. The Morgan fingerprint density at radius 3 is 2.46 bits per heavy atom. The minimum atomic E-state index is -4.21. The molecule has 1 heterocycles. The first-order valence-corrected chi connectivity index (χ1v) is 17.7. The van der Waals surface area contributed by atoms with Gasteiger partial charge in [-0.05, 0) is 75.2 Å². The molecule has 4 N–H and O–H groups in total. The summed E-state index contributed by atoms with van der Waals surface area (Å²) in [5, 5.41) is 6.74. The summed E-state index contributed by atoms with van der Waals surface area (Å²) in [6.45, 7) is 6.73. The highest BCUT2D eigenvalue weighted by Gasteiger charge is 2.26. The lowest BCUT2D eigenvalue weighted by molar-refractivity contribution is -0.140. The molecule has 0 aliphatic carbocycles. The average molecular weight is 725 g/mol. The van der Waals surface area contributed by atoms with E-state index in [9.17, 15) is 22.8 Å². The Kier molecular flexibility index (Phi) is 12.2. The topological polar surface area (TPSA) is 192 Å². The van der Waals surface area contributed by atoms with Crippen molar-refractivity contribution in [3.63, 3.8) is 0 Å². The molecule has 50 heavy (non-hydrogen) atoms. The van der Waals surface area contributed by atoms with Gasteiger partial charge in [-0.15, -0.1) is 11.3 Å². The number of methoxy groups -OCH3 is 1. The van der Waals surface area contributed by atoms with E-state index in [1.165, 1.54) is 47.4 Å². The van der Waals surface area contributed by atoms with Crippen molar-refractivity contribution < 1.29 is 37.1 Å². The zero-order valence-corrected chi connectivity index (χ0v) is 30.2. The maximum Gasteiger partial charge on any atom is 0.407 e. The number of nitrogens with one attached hydrogen (secondary N) is 2. The number of nitrogens with zero attached hydrogens (tertiary/aromatic N) is 3. The van der Waals surface area contributed by atoms with Crippen molar-refractivity contribution in [3.8, 4) is 5.75 Å². The SMILES string of the molecule is COc1ccc2nc(C(Cc3cccc(C(N)=NOC(C)=O)c3)NS(=O)(=O)c3cccc(C(=O)N(C)CCNC(=O)OC(C)(C)C)c3)sc2c1. The molecule has 266 valence electrons. The molecule has 1 aromatic heterocycles. The number of fused-ring (bicyclic) bond motifs is 1. The molecule has 0 bridgehead atoms. The maximum atomic E-state index is 13.9. The van der Waals surface area contributed by atoms with Crippen LogP contribution in [-0.4, -0.2) is 75.0 Å². The standard InChI is InChI=1S/C34H40N6O8S2/c1-21(41)48-38-30(35)23-10-7-9-22(17-23)18-28(31-37-27-14-13-25(46-6)20-29(27)49-31)39-50(44,45)26-12-8-11-24(19-26)32(42)40(5)16-15-36-33(43)47-34(2,3)4/h7-14,17,19-20,28,39H,15-16,18H2,1-6H3,(H2,35,38)(H,36,43). The molecule has 0 spiro atoms. The van der Waals surface area contributed by atoms with Gasteiger partial charge in [0.2, 0.25) is 10.0 Å². The van der Waals surface area contributed by atoms with Gasteiger partial charge in [-0.1, -0.05) is 29.4 Å². The van der Waals surface area contributed by atoms with E-state index in [0.717, 1.165) is 4.70 Å². The molecule has 4 aromatic rings. The van der Waals surface area contributed by atoms with Crippen LogP contribution in [0, 0.1) is 0 Å². The number of carbonyl (C=O) groups is 3. The summed E-state index contributed by atoms with van der Waals surface area (Å²) in [7, 11) is -1.10. The number of nitrogens with two attached hydrogens (primary N) is 1. The molecule has 0 saturated carbocycles. The Bertz CT molecular complexity index is 2010. The van der Waals surface area contributed by atoms with Gasteiger partial charge < -0.3 is 30.3 Å². The van der Waals surface area contributed by atoms with Gasteiger partial charge in [0.25, 0.3) is 5.91 Å². The van der Waals surface area contributed by atoms with Gasteiger partial charge in [-0.25, -0.2) is 27.7 Å². The van der Waals surface area contributed by atoms with E-state index in [1.807, 2.05) is 6.07 Å². The third kappa shape index (κ3) is 10.5. The molecule has 0 saturated heterocycles. The largest absolute Gasteiger partial charge is 0.497 e. The lowest BCUT2D eigenvalue weighted by Crippen LogP contribution is -2.38. The number of amidine groups is 1. The summed E-state index contributed by atoms with van der Waals surface area (Å²) in [5.74, 6) is -0.460. The summed E-state index contributed by atoms with van der Waals surface area (Å²) < 4.78 is 42.0. The number of benzene rings is 3. The van der Waals surface area contributed by atoms with Crippen LogP contribution in [0.4, 0.5) is 4.79 Å². The highest BCUT2D eigenvalue weighted by molar-refractivity contribution is 7.89. The molecule has 2 amide bonds. The first-order chi connectivity index (χ1) is 23.5. The Morgan fingerprint density at radius 1 is 1.04 bits per heavy atom. The number of sulfonamides is 1. The third-order valence-corrected chi connectivity index (χ3v) is 9.60. The van der Waals surface area contributed by atoms with Crippen LogP contribution in [-0.2, 0) is 30.8 Å².